The van der Waals surface area contributed by atoms with Crippen molar-refractivity contribution in [2.24, 2.45) is 35.5 Å². The lowest BCUT2D eigenvalue weighted by molar-refractivity contribution is -0.237. The standard InChI is InChI=1S/C57H47N5/c1-5-13-38(14-6-1)50-33-51(59-52(58-50)40-15-7-2-8-16-40)39-21-25-44(26-22-39)56-34-36-31-48-46(56)29-37-30-47(56)49(32-36)57(48,35-37)45-27-23-43(24-28-45)55-61-53(41-17-9-3-10-18-41)60-54(62-55)42-19-11-4-12-20-42/h1-28,33,36-37,46-49H,29-32,34-35H2. The predicted molar refractivity (Wildman–Crippen MR) is 246 cm³/mol. The number of nitrogens with zero attached hydrogens (tertiary/aromatic N) is 5. The number of benzene rings is 6. The summed E-state index contributed by atoms with van der Waals surface area (Å²) in [6.45, 7) is 0. The quantitative estimate of drug-likeness (QED) is 0.153. The van der Waals surface area contributed by atoms with Gasteiger partial charge in [-0.2, -0.15) is 0 Å². The van der Waals surface area contributed by atoms with Crippen LogP contribution in [0.1, 0.15) is 49.7 Å². The summed E-state index contributed by atoms with van der Waals surface area (Å²) in [4.78, 5) is 25.3. The molecule has 6 aromatic carbocycles. The lowest BCUT2D eigenvalue weighted by Gasteiger charge is -2.79. The van der Waals surface area contributed by atoms with E-state index in [1.54, 1.807) is 11.1 Å². The normalized spacial score (nSPS) is 27.4. The first-order chi connectivity index (χ1) is 30.6. The Morgan fingerprint density at radius 2 is 0.597 bits per heavy atom. The maximum atomic E-state index is 5.18. The van der Waals surface area contributed by atoms with E-state index in [0.29, 0.717) is 23.5 Å². The van der Waals surface area contributed by atoms with E-state index in [1.807, 2.05) is 42.5 Å². The highest BCUT2D eigenvalue weighted by Crippen LogP contribution is 2.80. The van der Waals surface area contributed by atoms with Gasteiger partial charge in [-0.3, -0.25) is 0 Å². The van der Waals surface area contributed by atoms with Gasteiger partial charge in [-0.05, 0) is 91.2 Å². The third-order valence-corrected chi connectivity index (χ3v) is 16.1. The molecule has 2 heterocycles. The molecule has 0 aliphatic heterocycles. The first-order valence-corrected chi connectivity index (χ1v) is 22.7. The van der Waals surface area contributed by atoms with Crippen LogP contribution >= 0.6 is 0 Å². The number of aromatic nitrogens is 5. The van der Waals surface area contributed by atoms with Crippen molar-refractivity contribution in [2.75, 3.05) is 0 Å². The molecule has 8 bridgehead atoms. The molecule has 15 rings (SSSR count). The van der Waals surface area contributed by atoms with E-state index in [-0.39, 0.29) is 10.8 Å². The van der Waals surface area contributed by atoms with Gasteiger partial charge < -0.3 is 0 Å². The molecule has 4 atom stereocenters. The van der Waals surface area contributed by atoms with Crippen molar-refractivity contribution >= 4 is 0 Å². The van der Waals surface area contributed by atoms with Gasteiger partial charge in [-0.1, -0.05) is 170 Å². The summed E-state index contributed by atoms with van der Waals surface area (Å²) in [6, 6.07) is 63.0. The van der Waals surface area contributed by atoms with Crippen molar-refractivity contribution in [2.45, 2.75) is 49.4 Å². The highest BCUT2D eigenvalue weighted by molar-refractivity contribution is 5.72. The maximum absolute atomic E-state index is 5.18. The Morgan fingerprint density at radius 1 is 0.306 bits per heavy atom. The van der Waals surface area contributed by atoms with Gasteiger partial charge in [-0.15, -0.1) is 0 Å². The third-order valence-electron chi connectivity index (χ3n) is 16.1. The van der Waals surface area contributed by atoms with Gasteiger partial charge in [0.05, 0.1) is 11.4 Å². The molecule has 7 aliphatic rings. The van der Waals surface area contributed by atoms with Crippen LogP contribution in [0, 0.1) is 35.5 Å². The monoisotopic (exact) mass is 801 g/mol. The first kappa shape index (κ1) is 36.1. The maximum Gasteiger partial charge on any atom is 0.164 e. The largest absolute Gasteiger partial charge is 0.228 e. The molecule has 8 aromatic rings. The fourth-order valence-electron chi connectivity index (χ4n) is 14.0. The molecular formula is C57H47N5. The van der Waals surface area contributed by atoms with E-state index >= 15 is 0 Å². The van der Waals surface area contributed by atoms with Gasteiger partial charge in [0.25, 0.3) is 0 Å². The Hall–Kier alpha value is -6.59. The molecule has 0 spiro atoms. The van der Waals surface area contributed by atoms with Crippen LogP contribution in [-0.4, -0.2) is 24.9 Å². The third kappa shape index (κ3) is 5.49. The van der Waals surface area contributed by atoms with Crippen LogP contribution in [0.15, 0.2) is 176 Å². The summed E-state index contributed by atoms with van der Waals surface area (Å²) in [7, 11) is 0. The van der Waals surface area contributed by atoms with Crippen molar-refractivity contribution < 1.29 is 0 Å². The van der Waals surface area contributed by atoms with Crippen LogP contribution in [0.2, 0.25) is 0 Å². The second kappa shape index (κ2) is 14.0. The van der Waals surface area contributed by atoms with Gasteiger partial charge in [-0.25, -0.2) is 24.9 Å². The van der Waals surface area contributed by atoms with Crippen molar-refractivity contribution in [3.8, 4) is 68.1 Å². The molecule has 7 saturated carbocycles. The zero-order valence-electron chi connectivity index (χ0n) is 34.7. The molecule has 300 valence electrons. The van der Waals surface area contributed by atoms with E-state index in [1.165, 1.54) is 38.5 Å². The number of hydrogen-bond donors (Lipinski definition) is 0. The highest BCUT2D eigenvalue weighted by atomic mass is 15.0. The van der Waals surface area contributed by atoms with Crippen LogP contribution in [0.3, 0.4) is 0 Å². The molecule has 62 heavy (non-hydrogen) atoms. The van der Waals surface area contributed by atoms with E-state index in [9.17, 15) is 0 Å². The van der Waals surface area contributed by atoms with Gasteiger partial charge in [0, 0.05) is 44.2 Å². The van der Waals surface area contributed by atoms with Gasteiger partial charge >= 0.3 is 0 Å². The molecule has 7 aliphatic carbocycles. The van der Waals surface area contributed by atoms with E-state index < -0.39 is 0 Å². The van der Waals surface area contributed by atoms with Crippen LogP contribution in [0.25, 0.3) is 68.1 Å². The minimum absolute atomic E-state index is 0.252. The Bertz CT molecular complexity index is 2590. The molecule has 0 radical (unpaired) electrons. The Kier molecular flexibility index (Phi) is 8.13. The second-order valence-electron chi connectivity index (χ2n) is 19.0. The van der Waals surface area contributed by atoms with Crippen molar-refractivity contribution in [3.05, 3.63) is 187 Å². The average Bonchev–Trinajstić information content (AvgIpc) is 3.36. The van der Waals surface area contributed by atoms with Crippen molar-refractivity contribution in [1.29, 1.82) is 0 Å². The van der Waals surface area contributed by atoms with Gasteiger partial charge in [0.1, 0.15) is 0 Å². The molecule has 4 unspecified atom stereocenters. The van der Waals surface area contributed by atoms with Crippen LogP contribution in [0.5, 0.6) is 0 Å². The molecular weight excluding hydrogens is 755 g/mol. The minimum Gasteiger partial charge on any atom is -0.228 e. The molecule has 5 heteroatoms. The molecule has 5 nitrogen and oxygen atoms in total. The first-order valence-electron chi connectivity index (χ1n) is 22.7. The Morgan fingerprint density at radius 3 is 0.968 bits per heavy atom. The predicted octanol–water partition coefficient (Wildman–Crippen LogP) is 12.9. The second-order valence-corrected chi connectivity index (χ2v) is 19.0. The van der Waals surface area contributed by atoms with E-state index in [2.05, 4.69) is 133 Å². The SMILES string of the molecule is c1ccc(-c2cc(-c3ccc(C45CC6CC7C4CC4CC5C(C6)C7(c5ccc(-c6nc(-c7ccccc7)nc(-c7ccccc7)n6)cc5)C4)cc3)nc(-c3ccccc3)n2)cc1. The fourth-order valence-corrected chi connectivity index (χ4v) is 14.0. The summed E-state index contributed by atoms with van der Waals surface area (Å²) in [5.74, 6) is 7.39. The lowest BCUT2D eigenvalue weighted by Crippen LogP contribution is -2.75. The van der Waals surface area contributed by atoms with Gasteiger partial charge in [0.2, 0.25) is 0 Å². The Labute approximate surface area is 363 Å². The van der Waals surface area contributed by atoms with Crippen LogP contribution in [0.4, 0.5) is 0 Å². The zero-order valence-corrected chi connectivity index (χ0v) is 34.7. The van der Waals surface area contributed by atoms with E-state index in [0.717, 1.165) is 80.1 Å². The Balaban J connectivity index is 0.846. The molecule has 0 N–H and O–H groups in total. The van der Waals surface area contributed by atoms with Gasteiger partial charge in [0.15, 0.2) is 23.3 Å². The average molecular weight is 802 g/mol. The molecule has 0 amide bonds. The number of hydrogen-bond acceptors (Lipinski definition) is 5. The molecule has 0 saturated heterocycles. The minimum atomic E-state index is 0.252. The number of rotatable bonds is 8. The lowest BCUT2D eigenvalue weighted by atomic mass is 9.25. The molecule has 7 fully saturated rings. The summed E-state index contributed by atoms with van der Waals surface area (Å²) in [6.07, 6.45) is 8.21. The van der Waals surface area contributed by atoms with Crippen molar-refractivity contribution in [3.63, 3.8) is 0 Å². The van der Waals surface area contributed by atoms with Crippen molar-refractivity contribution in [1.82, 2.24) is 24.9 Å². The van der Waals surface area contributed by atoms with Crippen LogP contribution < -0.4 is 0 Å². The zero-order chi connectivity index (χ0) is 40.8. The molecule has 2 aromatic heterocycles. The summed E-state index contributed by atoms with van der Waals surface area (Å²) in [5, 5.41) is 0. The van der Waals surface area contributed by atoms with Crippen LogP contribution in [-0.2, 0) is 10.8 Å². The topological polar surface area (TPSA) is 64.5 Å². The highest BCUT2D eigenvalue weighted by Gasteiger charge is 2.75. The smallest absolute Gasteiger partial charge is 0.164 e. The van der Waals surface area contributed by atoms with E-state index in [4.69, 9.17) is 24.9 Å². The summed E-state index contributed by atoms with van der Waals surface area (Å²) < 4.78 is 0. The summed E-state index contributed by atoms with van der Waals surface area (Å²) in [5.41, 5.74) is 11.9. The summed E-state index contributed by atoms with van der Waals surface area (Å²) >= 11 is 0. The fraction of sp³-hybridized carbons (Fsp3) is 0.246.